The van der Waals surface area contributed by atoms with Crippen LogP contribution < -0.4 is 10.6 Å². The molecule has 0 spiro atoms. The van der Waals surface area contributed by atoms with Crippen molar-refractivity contribution in [1.82, 2.24) is 10.2 Å². The molecule has 0 bridgehead atoms. The number of likely N-dealkylation sites (tertiary alicyclic amines) is 1. The maximum absolute atomic E-state index is 12.8. The van der Waals surface area contributed by atoms with E-state index in [4.69, 9.17) is 23.2 Å². The lowest BCUT2D eigenvalue weighted by Crippen LogP contribution is -2.46. The van der Waals surface area contributed by atoms with E-state index in [2.05, 4.69) is 10.6 Å². The zero-order chi connectivity index (χ0) is 21.0. The van der Waals surface area contributed by atoms with Gasteiger partial charge in [0, 0.05) is 42.3 Å². The highest BCUT2D eigenvalue weighted by atomic mass is 35.5. The molecular weight excluding hydrogens is 413 g/mol. The number of hydrogen-bond donors (Lipinski definition) is 2. The number of rotatable bonds is 4. The largest absolute Gasteiger partial charge is 0.349 e. The Kier molecular flexibility index (Phi) is 6.77. The number of benzene rings is 2. The molecule has 8 heteroatoms. The summed E-state index contributed by atoms with van der Waals surface area (Å²) in [6, 6.07) is 11.6. The molecule has 3 rings (SSSR count). The number of nitrogens with zero attached hydrogens (tertiary/aromatic N) is 1. The summed E-state index contributed by atoms with van der Waals surface area (Å²) in [6.45, 7) is 2.47. The molecule has 0 aromatic heterocycles. The maximum atomic E-state index is 12.8. The van der Waals surface area contributed by atoms with Gasteiger partial charge in [0.05, 0.1) is 10.6 Å². The number of carbonyl (C=O) groups is 3. The van der Waals surface area contributed by atoms with Crippen molar-refractivity contribution in [2.45, 2.75) is 25.8 Å². The summed E-state index contributed by atoms with van der Waals surface area (Å²) in [6.07, 6.45) is 1.28. The van der Waals surface area contributed by atoms with E-state index in [1.165, 1.54) is 6.92 Å². The van der Waals surface area contributed by atoms with Crippen LogP contribution in [0.5, 0.6) is 0 Å². The van der Waals surface area contributed by atoms with Gasteiger partial charge in [-0.15, -0.1) is 0 Å². The van der Waals surface area contributed by atoms with Gasteiger partial charge in [0.1, 0.15) is 0 Å². The third-order valence-electron chi connectivity index (χ3n) is 4.72. The lowest BCUT2D eigenvalue weighted by Gasteiger charge is -2.32. The van der Waals surface area contributed by atoms with E-state index < -0.39 is 0 Å². The molecular formula is C21H21Cl2N3O3. The summed E-state index contributed by atoms with van der Waals surface area (Å²) in [5.41, 5.74) is 1.45. The van der Waals surface area contributed by atoms with Crippen LogP contribution in [0.25, 0.3) is 0 Å². The molecule has 152 valence electrons. The molecule has 0 saturated carbocycles. The van der Waals surface area contributed by atoms with E-state index in [0.29, 0.717) is 52.8 Å². The second-order valence-corrected chi connectivity index (χ2v) is 7.77. The zero-order valence-electron chi connectivity index (χ0n) is 15.9. The summed E-state index contributed by atoms with van der Waals surface area (Å²) in [4.78, 5) is 38.2. The van der Waals surface area contributed by atoms with Gasteiger partial charge in [-0.3, -0.25) is 14.4 Å². The number of piperidine rings is 1. The van der Waals surface area contributed by atoms with E-state index in [1.54, 1.807) is 47.4 Å². The lowest BCUT2D eigenvalue weighted by molar-refractivity contribution is -0.114. The predicted molar refractivity (Wildman–Crippen MR) is 114 cm³/mol. The molecule has 29 heavy (non-hydrogen) atoms. The topological polar surface area (TPSA) is 78.5 Å². The minimum atomic E-state index is -0.273. The summed E-state index contributed by atoms with van der Waals surface area (Å²) >= 11 is 12.0. The second-order valence-electron chi connectivity index (χ2n) is 6.93. The van der Waals surface area contributed by atoms with Crippen molar-refractivity contribution in [3.05, 3.63) is 63.6 Å². The normalized spacial score (nSPS) is 14.4. The summed E-state index contributed by atoms with van der Waals surface area (Å²) in [5.74, 6) is -0.559. The number of amides is 3. The first-order valence-corrected chi connectivity index (χ1v) is 10.0. The first kappa shape index (κ1) is 21.1. The van der Waals surface area contributed by atoms with Crippen molar-refractivity contribution >= 4 is 46.6 Å². The molecule has 1 saturated heterocycles. The Hall–Kier alpha value is -2.57. The fourth-order valence-corrected chi connectivity index (χ4v) is 3.65. The Balaban J connectivity index is 1.57. The predicted octanol–water partition coefficient (Wildman–Crippen LogP) is 3.99. The molecule has 0 radical (unpaired) electrons. The van der Waals surface area contributed by atoms with Gasteiger partial charge in [-0.1, -0.05) is 29.3 Å². The van der Waals surface area contributed by atoms with E-state index in [-0.39, 0.29) is 23.8 Å². The Labute approximate surface area is 179 Å². The van der Waals surface area contributed by atoms with Crippen molar-refractivity contribution < 1.29 is 14.4 Å². The van der Waals surface area contributed by atoms with Crippen LogP contribution in [0, 0.1) is 0 Å². The van der Waals surface area contributed by atoms with Crippen molar-refractivity contribution in [2.24, 2.45) is 0 Å². The van der Waals surface area contributed by atoms with Crippen LogP contribution in [0.3, 0.4) is 0 Å². The van der Waals surface area contributed by atoms with Gasteiger partial charge < -0.3 is 15.5 Å². The SMILES string of the molecule is CC(=O)Nc1cccc(C(=O)N2CCC(NC(=O)c3cc(Cl)ccc3Cl)CC2)c1. The van der Waals surface area contributed by atoms with Gasteiger partial charge in [-0.25, -0.2) is 0 Å². The summed E-state index contributed by atoms with van der Waals surface area (Å²) in [7, 11) is 0. The molecule has 1 heterocycles. The monoisotopic (exact) mass is 433 g/mol. The average molecular weight is 434 g/mol. The van der Waals surface area contributed by atoms with Crippen LogP contribution in [0.4, 0.5) is 5.69 Å². The number of carbonyl (C=O) groups excluding carboxylic acids is 3. The highest BCUT2D eigenvalue weighted by Gasteiger charge is 2.25. The van der Waals surface area contributed by atoms with Gasteiger partial charge in [-0.05, 0) is 49.2 Å². The molecule has 6 nitrogen and oxygen atoms in total. The molecule has 2 N–H and O–H groups in total. The third-order valence-corrected chi connectivity index (χ3v) is 5.28. The standard InChI is InChI=1S/C21H21Cl2N3O3/c1-13(27)24-17-4-2-3-14(11-17)21(29)26-9-7-16(8-10-26)25-20(28)18-12-15(22)5-6-19(18)23/h2-6,11-12,16H,7-10H2,1H3,(H,24,27)(H,25,28). The molecule has 2 aromatic rings. The zero-order valence-corrected chi connectivity index (χ0v) is 17.4. The van der Waals surface area contributed by atoms with Crippen LogP contribution in [0.1, 0.15) is 40.5 Å². The quantitative estimate of drug-likeness (QED) is 0.764. The molecule has 1 fully saturated rings. The minimum Gasteiger partial charge on any atom is -0.349 e. The molecule has 0 aliphatic carbocycles. The van der Waals surface area contributed by atoms with E-state index in [1.807, 2.05) is 0 Å². The van der Waals surface area contributed by atoms with Crippen molar-refractivity contribution in [2.75, 3.05) is 18.4 Å². The Morgan fingerprint density at radius 1 is 1.03 bits per heavy atom. The molecule has 0 atom stereocenters. The van der Waals surface area contributed by atoms with Crippen LogP contribution in [0.15, 0.2) is 42.5 Å². The van der Waals surface area contributed by atoms with Gasteiger partial charge in [0.25, 0.3) is 11.8 Å². The molecule has 0 unspecified atom stereocenters. The van der Waals surface area contributed by atoms with E-state index in [0.717, 1.165) is 0 Å². The molecule has 1 aliphatic rings. The highest BCUT2D eigenvalue weighted by molar-refractivity contribution is 6.35. The number of hydrogen-bond acceptors (Lipinski definition) is 3. The second kappa shape index (κ2) is 9.29. The van der Waals surface area contributed by atoms with Gasteiger partial charge >= 0.3 is 0 Å². The highest BCUT2D eigenvalue weighted by Crippen LogP contribution is 2.22. The third kappa shape index (κ3) is 5.49. The Morgan fingerprint density at radius 3 is 2.45 bits per heavy atom. The lowest BCUT2D eigenvalue weighted by atomic mass is 10.0. The molecule has 3 amide bonds. The van der Waals surface area contributed by atoms with Crippen molar-refractivity contribution in [3.8, 4) is 0 Å². The van der Waals surface area contributed by atoms with Crippen LogP contribution in [0.2, 0.25) is 10.0 Å². The Bertz CT molecular complexity index is 941. The maximum Gasteiger partial charge on any atom is 0.253 e. The van der Waals surface area contributed by atoms with Gasteiger partial charge in [0.2, 0.25) is 5.91 Å². The molecule has 2 aromatic carbocycles. The first-order valence-electron chi connectivity index (χ1n) is 9.26. The fourth-order valence-electron chi connectivity index (χ4n) is 3.28. The Morgan fingerprint density at radius 2 is 1.76 bits per heavy atom. The van der Waals surface area contributed by atoms with Crippen LogP contribution in [-0.2, 0) is 4.79 Å². The van der Waals surface area contributed by atoms with E-state index in [9.17, 15) is 14.4 Å². The average Bonchev–Trinajstić information content (AvgIpc) is 2.69. The first-order chi connectivity index (χ1) is 13.8. The number of halogens is 2. The van der Waals surface area contributed by atoms with Crippen LogP contribution in [-0.4, -0.2) is 41.8 Å². The number of anilines is 1. The van der Waals surface area contributed by atoms with Gasteiger partial charge in [-0.2, -0.15) is 0 Å². The van der Waals surface area contributed by atoms with Gasteiger partial charge in [0.15, 0.2) is 0 Å². The summed E-state index contributed by atoms with van der Waals surface area (Å²) < 4.78 is 0. The molecule has 1 aliphatic heterocycles. The van der Waals surface area contributed by atoms with Crippen molar-refractivity contribution in [1.29, 1.82) is 0 Å². The fraction of sp³-hybridized carbons (Fsp3) is 0.286. The smallest absolute Gasteiger partial charge is 0.253 e. The van der Waals surface area contributed by atoms with Crippen molar-refractivity contribution in [3.63, 3.8) is 0 Å². The van der Waals surface area contributed by atoms with Crippen LogP contribution >= 0.6 is 23.2 Å². The minimum absolute atomic E-state index is 0.0488. The van der Waals surface area contributed by atoms with E-state index >= 15 is 0 Å². The summed E-state index contributed by atoms with van der Waals surface area (Å²) in [5, 5.41) is 6.44. The number of nitrogens with one attached hydrogen (secondary N) is 2.